The number of hydrogen-bond donors (Lipinski definition) is 2. The molecule has 0 bridgehead atoms. The minimum atomic E-state index is -0.230. The summed E-state index contributed by atoms with van der Waals surface area (Å²) in [7, 11) is 0. The number of halogens is 2. The first-order chi connectivity index (χ1) is 8.61. The smallest absolute Gasteiger partial charge is 0.137 e. The van der Waals surface area contributed by atoms with Gasteiger partial charge >= 0.3 is 0 Å². The van der Waals surface area contributed by atoms with E-state index in [0.717, 1.165) is 11.5 Å². The number of benzene rings is 1. The van der Waals surface area contributed by atoms with Crippen molar-refractivity contribution >= 4 is 15.9 Å². The molecule has 1 aromatic carbocycles. The molecule has 1 aliphatic carbocycles. The lowest BCUT2D eigenvalue weighted by Gasteiger charge is -2.32. The Morgan fingerprint density at radius 1 is 1.33 bits per heavy atom. The van der Waals surface area contributed by atoms with Gasteiger partial charge in [-0.1, -0.05) is 25.8 Å². The van der Waals surface area contributed by atoms with E-state index < -0.39 is 0 Å². The van der Waals surface area contributed by atoms with Crippen LogP contribution in [0, 0.1) is 17.7 Å². The number of hydrazine groups is 1. The third kappa shape index (κ3) is 3.11. The molecule has 100 valence electrons. The second kappa shape index (κ2) is 6.13. The molecule has 0 heterocycles. The van der Waals surface area contributed by atoms with Crippen LogP contribution in [0.3, 0.4) is 0 Å². The van der Waals surface area contributed by atoms with Gasteiger partial charge in [0.1, 0.15) is 5.82 Å². The van der Waals surface area contributed by atoms with Gasteiger partial charge < -0.3 is 0 Å². The van der Waals surface area contributed by atoms with Crippen LogP contribution in [0.1, 0.15) is 44.2 Å². The van der Waals surface area contributed by atoms with Crippen molar-refractivity contribution in [1.82, 2.24) is 5.43 Å². The average Bonchev–Trinajstić information content (AvgIpc) is 2.37. The van der Waals surface area contributed by atoms with Gasteiger partial charge in [-0.3, -0.25) is 11.3 Å². The number of hydrogen-bond acceptors (Lipinski definition) is 2. The Balaban J connectivity index is 2.14. The van der Waals surface area contributed by atoms with E-state index in [4.69, 9.17) is 5.84 Å². The summed E-state index contributed by atoms with van der Waals surface area (Å²) in [6.45, 7) is 2.30. The highest BCUT2D eigenvalue weighted by molar-refractivity contribution is 9.10. The predicted molar refractivity (Wildman–Crippen MR) is 75.3 cm³/mol. The summed E-state index contributed by atoms with van der Waals surface area (Å²) in [6, 6.07) is 5.27. The molecule has 2 nitrogen and oxygen atoms in total. The van der Waals surface area contributed by atoms with Gasteiger partial charge in [-0.05, 0) is 58.3 Å². The molecule has 1 atom stereocenters. The van der Waals surface area contributed by atoms with E-state index in [1.54, 1.807) is 0 Å². The van der Waals surface area contributed by atoms with Crippen LogP contribution in [-0.2, 0) is 0 Å². The molecule has 1 unspecified atom stereocenters. The van der Waals surface area contributed by atoms with Crippen molar-refractivity contribution in [1.29, 1.82) is 0 Å². The molecule has 3 N–H and O–H groups in total. The molecule has 0 radical (unpaired) electrons. The number of rotatable bonds is 3. The third-order valence-corrected chi connectivity index (χ3v) is 4.62. The lowest BCUT2D eigenvalue weighted by atomic mass is 9.77. The number of nitrogens with one attached hydrogen (secondary N) is 1. The van der Waals surface area contributed by atoms with Crippen molar-refractivity contribution in [2.24, 2.45) is 17.7 Å². The first-order valence-electron chi connectivity index (χ1n) is 6.53. The predicted octanol–water partition coefficient (Wildman–Crippen LogP) is 3.92. The van der Waals surface area contributed by atoms with Crippen molar-refractivity contribution in [3.05, 3.63) is 34.1 Å². The van der Waals surface area contributed by atoms with E-state index in [9.17, 15) is 4.39 Å². The average molecular weight is 315 g/mol. The second-order valence-corrected chi connectivity index (χ2v) is 6.19. The van der Waals surface area contributed by atoms with Crippen LogP contribution in [0.5, 0.6) is 0 Å². The summed E-state index contributed by atoms with van der Waals surface area (Å²) in [6.07, 6.45) is 4.88. The van der Waals surface area contributed by atoms with E-state index in [2.05, 4.69) is 28.3 Å². The first-order valence-corrected chi connectivity index (χ1v) is 7.32. The van der Waals surface area contributed by atoms with Crippen LogP contribution in [0.15, 0.2) is 22.7 Å². The van der Waals surface area contributed by atoms with E-state index in [1.165, 1.54) is 31.7 Å². The van der Waals surface area contributed by atoms with Gasteiger partial charge in [0.15, 0.2) is 0 Å². The second-order valence-electron chi connectivity index (χ2n) is 5.34. The fourth-order valence-electron chi connectivity index (χ4n) is 2.83. The van der Waals surface area contributed by atoms with Crippen molar-refractivity contribution in [2.45, 2.75) is 38.6 Å². The Morgan fingerprint density at radius 2 is 2.00 bits per heavy atom. The maximum atomic E-state index is 13.3. The summed E-state index contributed by atoms with van der Waals surface area (Å²) < 4.78 is 13.8. The molecular formula is C14H20BrFN2. The van der Waals surface area contributed by atoms with Crippen LogP contribution >= 0.6 is 15.9 Å². The van der Waals surface area contributed by atoms with Crippen LogP contribution in [0.4, 0.5) is 4.39 Å². The van der Waals surface area contributed by atoms with Gasteiger partial charge in [-0.25, -0.2) is 4.39 Å². The maximum absolute atomic E-state index is 13.3. The van der Waals surface area contributed by atoms with Crippen molar-refractivity contribution in [3.63, 3.8) is 0 Å². The largest absolute Gasteiger partial charge is 0.271 e. The normalized spacial score (nSPS) is 26.0. The molecule has 1 aromatic rings. The Hall–Kier alpha value is -0.450. The summed E-state index contributed by atoms with van der Waals surface area (Å²) in [5.41, 5.74) is 3.97. The molecule has 2 rings (SSSR count). The number of nitrogens with two attached hydrogens (primary N) is 1. The molecular weight excluding hydrogens is 295 g/mol. The molecule has 0 amide bonds. The molecule has 1 fully saturated rings. The minimum absolute atomic E-state index is 0.120. The minimum Gasteiger partial charge on any atom is -0.271 e. The fraction of sp³-hybridized carbons (Fsp3) is 0.571. The lowest BCUT2D eigenvalue weighted by molar-refractivity contribution is 0.232. The molecule has 0 aliphatic heterocycles. The van der Waals surface area contributed by atoms with Crippen molar-refractivity contribution in [2.75, 3.05) is 0 Å². The zero-order valence-corrected chi connectivity index (χ0v) is 12.2. The SMILES string of the molecule is CC1CCC(C(NN)c2ccc(F)c(Br)c2)CC1. The van der Waals surface area contributed by atoms with E-state index in [1.807, 2.05) is 12.1 Å². The molecule has 18 heavy (non-hydrogen) atoms. The van der Waals surface area contributed by atoms with Gasteiger partial charge in [0, 0.05) is 6.04 Å². The highest BCUT2D eigenvalue weighted by atomic mass is 79.9. The zero-order valence-electron chi connectivity index (χ0n) is 10.6. The van der Waals surface area contributed by atoms with Crippen LogP contribution in [-0.4, -0.2) is 0 Å². The van der Waals surface area contributed by atoms with Gasteiger partial charge in [0.2, 0.25) is 0 Å². The highest BCUT2D eigenvalue weighted by Crippen LogP contribution is 2.37. The quantitative estimate of drug-likeness (QED) is 0.655. The monoisotopic (exact) mass is 314 g/mol. The standard InChI is InChI=1S/C14H20BrFN2/c1-9-2-4-10(5-3-9)14(18-17)11-6-7-13(16)12(15)8-11/h6-10,14,18H,2-5,17H2,1H3. The molecule has 1 saturated carbocycles. The summed E-state index contributed by atoms with van der Waals surface area (Å²) in [5, 5.41) is 0. The van der Waals surface area contributed by atoms with Gasteiger partial charge in [0.25, 0.3) is 0 Å². The Morgan fingerprint density at radius 3 is 2.56 bits per heavy atom. The van der Waals surface area contributed by atoms with E-state index in [0.29, 0.717) is 10.4 Å². The first kappa shape index (κ1) is 14.0. The molecule has 0 aromatic heterocycles. The molecule has 4 heteroatoms. The van der Waals surface area contributed by atoms with E-state index in [-0.39, 0.29) is 11.9 Å². The fourth-order valence-corrected chi connectivity index (χ4v) is 3.23. The zero-order chi connectivity index (χ0) is 13.1. The summed E-state index contributed by atoms with van der Waals surface area (Å²) >= 11 is 3.23. The summed E-state index contributed by atoms with van der Waals surface area (Å²) in [4.78, 5) is 0. The van der Waals surface area contributed by atoms with Crippen molar-refractivity contribution < 1.29 is 4.39 Å². The molecule has 0 spiro atoms. The van der Waals surface area contributed by atoms with Crippen molar-refractivity contribution in [3.8, 4) is 0 Å². The topological polar surface area (TPSA) is 38.0 Å². The Bertz CT molecular complexity index is 403. The molecule has 1 aliphatic rings. The molecule has 0 saturated heterocycles. The lowest BCUT2D eigenvalue weighted by Crippen LogP contribution is -2.35. The Labute approximate surface area is 116 Å². The third-order valence-electron chi connectivity index (χ3n) is 4.01. The van der Waals surface area contributed by atoms with Gasteiger partial charge in [0.05, 0.1) is 4.47 Å². The highest BCUT2D eigenvalue weighted by Gasteiger charge is 2.26. The van der Waals surface area contributed by atoms with Gasteiger partial charge in [-0.15, -0.1) is 0 Å². The maximum Gasteiger partial charge on any atom is 0.137 e. The van der Waals surface area contributed by atoms with E-state index >= 15 is 0 Å². The Kier molecular flexibility index (Phi) is 4.76. The van der Waals surface area contributed by atoms with Crippen LogP contribution in [0.2, 0.25) is 0 Å². The van der Waals surface area contributed by atoms with Crippen LogP contribution in [0.25, 0.3) is 0 Å². The van der Waals surface area contributed by atoms with Gasteiger partial charge in [-0.2, -0.15) is 0 Å². The van der Waals surface area contributed by atoms with Crippen LogP contribution < -0.4 is 11.3 Å². The summed E-state index contributed by atoms with van der Waals surface area (Å²) in [5.74, 6) is 6.83.